The molecule has 3 fully saturated rings. The minimum atomic E-state index is -1.59. The predicted octanol–water partition coefficient (Wildman–Crippen LogP) is 5.20. The summed E-state index contributed by atoms with van der Waals surface area (Å²) in [6.07, 6.45) is 6.83. The second-order valence-electron chi connectivity index (χ2n) is 11.5. The van der Waals surface area contributed by atoms with Crippen molar-refractivity contribution in [3.05, 3.63) is 52.0 Å². The lowest BCUT2D eigenvalue weighted by Gasteiger charge is -2.60. The van der Waals surface area contributed by atoms with Crippen molar-refractivity contribution >= 4 is 34.8 Å². The molecule has 2 N–H and O–H groups in total. The van der Waals surface area contributed by atoms with Crippen LogP contribution >= 0.6 is 23.2 Å². The Balaban J connectivity index is 1.42. The molecule has 5 nitrogen and oxygen atoms in total. The number of aliphatic hydroxyl groups is 2. The van der Waals surface area contributed by atoms with Crippen LogP contribution in [0.15, 0.2) is 42.0 Å². The number of hydrogen-bond acceptors (Lipinski definition) is 5. The second-order valence-corrected chi connectivity index (χ2v) is 12.3. The minimum absolute atomic E-state index is 0.000239. The number of ketones is 2. The normalized spacial score (nSPS) is 42.1. The van der Waals surface area contributed by atoms with Crippen LogP contribution in [0.25, 0.3) is 0 Å². The smallest absolute Gasteiger partial charge is 0.202 e. The first-order valence-electron chi connectivity index (χ1n) is 12.4. The highest BCUT2D eigenvalue weighted by molar-refractivity contribution is 6.34. The Morgan fingerprint density at radius 1 is 1.20 bits per heavy atom. The number of fused-ring (bicyclic) bond motifs is 5. The number of aliphatic hydroxyl groups excluding tert-OH is 1. The molecule has 0 aromatic heterocycles. The second kappa shape index (κ2) is 8.44. The third-order valence-electron chi connectivity index (χ3n) is 9.64. The fourth-order valence-electron chi connectivity index (χ4n) is 8.09. The lowest BCUT2D eigenvalue weighted by Crippen LogP contribution is -2.62. The summed E-state index contributed by atoms with van der Waals surface area (Å²) in [6.45, 7) is 5.92. The Kier molecular flexibility index (Phi) is 6.03. The molecule has 5 rings (SSSR count). The molecule has 0 aliphatic heterocycles. The lowest BCUT2D eigenvalue weighted by molar-refractivity contribution is -0.179. The quantitative estimate of drug-likeness (QED) is 0.572. The third-order valence-corrected chi connectivity index (χ3v) is 10.1. The molecule has 0 bridgehead atoms. The Labute approximate surface area is 216 Å². The SMILES string of the molecule is C[C@H]1CC2C([C@@H](O)CC3(C)C2CC[C@]3(O)C(=O)COc2cc(Cl)cc(Cl)c2)C2(C)C=CC(=O)C=C12. The molecule has 0 radical (unpaired) electrons. The summed E-state index contributed by atoms with van der Waals surface area (Å²) in [4.78, 5) is 25.6. The number of allylic oxidation sites excluding steroid dienone is 4. The van der Waals surface area contributed by atoms with E-state index in [2.05, 4.69) is 13.8 Å². The summed E-state index contributed by atoms with van der Waals surface area (Å²) in [5, 5.41) is 24.2. The molecule has 7 heteroatoms. The van der Waals surface area contributed by atoms with Crippen LogP contribution in [-0.2, 0) is 9.59 Å². The number of benzene rings is 1. The van der Waals surface area contributed by atoms with Crippen LogP contribution in [-0.4, -0.2) is 40.1 Å². The van der Waals surface area contributed by atoms with Crippen LogP contribution in [0.1, 0.15) is 46.5 Å². The van der Waals surface area contributed by atoms with Crippen molar-refractivity contribution in [3.8, 4) is 5.75 Å². The average Bonchev–Trinajstić information content (AvgIpc) is 3.04. The number of carbonyl (C=O) groups is 2. The van der Waals surface area contributed by atoms with Gasteiger partial charge in [0.15, 0.2) is 5.78 Å². The summed E-state index contributed by atoms with van der Waals surface area (Å²) in [6, 6.07) is 4.74. The van der Waals surface area contributed by atoms with Gasteiger partial charge in [-0.15, -0.1) is 0 Å². The van der Waals surface area contributed by atoms with E-state index in [1.165, 1.54) is 0 Å². The van der Waals surface area contributed by atoms with Crippen LogP contribution < -0.4 is 4.74 Å². The zero-order valence-corrected chi connectivity index (χ0v) is 21.8. The number of rotatable bonds is 4. The number of ether oxygens (including phenoxy) is 1. The summed E-state index contributed by atoms with van der Waals surface area (Å²) in [7, 11) is 0. The molecular formula is C28H32Cl2O5. The zero-order chi connectivity index (χ0) is 25.3. The number of hydrogen-bond donors (Lipinski definition) is 2. The third kappa shape index (κ3) is 3.73. The van der Waals surface area contributed by atoms with E-state index in [-0.39, 0.29) is 41.8 Å². The maximum atomic E-state index is 13.4. The molecule has 0 heterocycles. The Morgan fingerprint density at radius 2 is 1.89 bits per heavy atom. The number of Topliss-reactive ketones (excluding diaryl/α,β-unsaturated/α-hetero) is 1. The summed E-state index contributed by atoms with van der Waals surface area (Å²) in [5.41, 5.74) is -1.68. The van der Waals surface area contributed by atoms with Crippen molar-refractivity contribution < 1.29 is 24.5 Å². The van der Waals surface area contributed by atoms with E-state index >= 15 is 0 Å². The van der Waals surface area contributed by atoms with Gasteiger partial charge in [0.25, 0.3) is 0 Å². The van der Waals surface area contributed by atoms with E-state index in [1.807, 2.05) is 13.0 Å². The van der Waals surface area contributed by atoms with Crippen molar-refractivity contribution in [1.82, 2.24) is 0 Å². The van der Waals surface area contributed by atoms with Crippen LogP contribution in [0.2, 0.25) is 10.0 Å². The minimum Gasteiger partial charge on any atom is -0.486 e. The molecule has 4 aliphatic rings. The Hall–Kier alpha value is -1.66. The van der Waals surface area contributed by atoms with Gasteiger partial charge in [-0.2, -0.15) is 0 Å². The first-order valence-corrected chi connectivity index (χ1v) is 13.1. The lowest BCUT2D eigenvalue weighted by atomic mass is 9.45. The predicted molar refractivity (Wildman–Crippen MR) is 134 cm³/mol. The molecule has 0 saturated heterocycles. The van der Waals surface area contributed by atoms with Crippen LogP contribution in [0.5, 0.6) is 5.75 Å². The molecule has 1 aromatic rings. The molecule has 3 saturated carbocycles. The van der Waals surface area contributed by atoms with E-state index in [4.69, 9.17) is 27.9 Å². The van der Waals surface area contributed by atoms with Crippen molar-refractivity contribution in [1.29, 1.82) is 0 Å². The molecule has 0 amide bonds. The van der Waals surface area contributed by atoms with E-state index in [1.54, 1.807) is 30.4 Å². The summed E-state index contributed by atoms with van der Waals surface area (Å²) in [5.74, 6) is 0.322. The van der Waals surface area contributed by atoms with Gasteiger partial charge in [-0.25, -0.2) is 0 Å². The fraction of sp³-hybridized carbons (Fsp3) is 0.571. The topological polar surface area (TPSA) is 83.8 Å². The Morgan fingerprint density at radius 3 is 2.57 bits per heavy atom. The van der Waals surface area contributed by atoms with Crippen molar-refractivity contribution in [2.45, 2.75) is 58.2 Å². The molecule has 8 atom stereocenters. The highest BCUT2D eigenvalue weighted by Crippen LogP contribution is 2.67. The summed E-state index contributed by atoms with van der Waals surface area (Å²) >= 11 is 12.1. The van der Waals surface area contributed by atoms with Gasteiger partial charge in [-0.1, -0.05) is 55.6 Å². The average molecular weight is 519 g/mol. The number of halogens is 2. The van der Waals surface area contributed by atoms with Gasteiger partial charge in [0.05, 0.1) is 6.10 Å². The van der Waals surface area contributed by atoms with Gasteiger partial charge in [0.1, 0.15) is 18.0 Å². The molecule has 4 aliphatic carbocycles. The fourth-order valence-corrected chi connectivity index (χ4v) is 8.60. The van der Waals surface area contributed by atoms with Gasteiger partial charge in [0.2, 0.25) is 5.78 Å². The highest BCUT2D eigenvalue weighted by atomic mass is 35.5. The molecular weight excluding hydrogens is 487 g/mol. The van der Waals surface area contributed by atoms with E-state index in [0.29, 0.717) is 35.1 Å². The van der Waals surface area contributed by atoms with E-state index in [0.717, 1.165) is 12.0 Å². The monoisotopic (exact) mass is 518 g/mol. The first-order chi connectivity index (χ1) is 16.4. The van der Waals surface area contributed by atoms with E-state index < -0.39 is 22.5 Å². The maximum Gasteiger partial charge on any atom is 0.202 e. The van der Waals surface area contributed by atoms with E-state index in [9.17, 15) is 19.8 Å². The molecule has 1 aromatic carbocycles. The van der Waals surface area contributed by atoms with Gasteiger partial charge in [-0.05, 0) is 73.8 Å². The van der Waals surface area contributed by atoms with Gasteiger partial charge in [-0.3, -0.25) is 9.59 Å². The van der Waals surface area contributed by atoms with Gasteiger partial charge < -0.3 is 14.9 Å². The molecule has 0 spiro atoms. The van der Waals surface area contributed by atoms with Gasteiger partial charge >= 0.3 is 0 Å². The van der Waals surface area contributed by atoms with Crippen LogP contribution in [0.3, 0.4) is 0 Å². The number of carbonyl (C=O) groups excluding carboxylic acids is 2. The first kappa shape index (κ1) is 25.0. The Bertz CT molecular complexity index is 1120. The van der Waals surface area contributed by atoms with Crippen molar-refractivity contribution in [2.75, 3.05) is 6.61 Å². The standard InChI is InChI=1S/C28H32Cl2O5/c1-15-8-20-21-5-7-28(34,24(33)14-35-19-10-16(29)9-17(30)11-19)27(21,3)13-23(32)25(20)26(2)6-4-18(31)12-22(15)26/h4,6,9-12,15,20-21,23,25,32,34H,5,7-8,13-14H2,1-3H3/t15-,20?,21?,23-,25?,26?,27?,28-/m0/s1. The van der Waals surface area contributed by atoms with Gasteiger partial charge in [0, 0.05) is 26.8 Å². The van der Waals surface area contributed by atoms with Crippen LogP contribution in [0.4, 0.5) is 0 Å². The molecule has 188 valence electrons. The summed E-state index contributed by atoms with van der Waals surface area (Å²) < 4.78 is 5.69. The zero-order valence-electron chi connectivity index (χ0n) is 20.3. The van der Waals surface area contributed by atoms with Crippen molar-refractivity contribution in [3.63, 3.8) is 0 Å². The van der Waals surface area contributed by atoms with Crippen LogP contribution in [0, 0.1) is 34.5 Å². The largest absolute Gasteiger partial charge is 0.486 e. The molecule has 5 unspecified atom stereocenters. The van der Waals surface area contributed by atoms with Crippen molar-refractivity contribution in [2.24, 2.45) is 34.5 Å². The highest BCUT2D eigenvalue weighted by Gasteiger charge is 2.68. The molecule has 35 heavy (non-hydrogen) atoms. The maximum absolute atomic E-state index is 13.4.